The molecule has 7 heteroatoms. The zero-order valence-corrected chi connectivity index (χ0v) is 17.8. The van der Waals surface area contributed by atoms with Gasteiger partial charge in [0, 0.05) is 44.1 Å². The molecular formula is C24H28N4O3. The van der Waals surface area contributed by atoms with Gasteiger partial charge in [-0.05, 0) is 24.6 Å². The smallest absolute Gasteiger partial charge is 0.225 e. The van der Waals surface area contributed by atoms with Gasteiger partial charge in [-0.3, -0.25) is 4.90 Å². The van der Waals surface area contributed by atoms with Gasteiger partial charge in [0.15, 0.2) is 0 Å². The van der Waals surface area contributed by atoms with Crippen LogP contribution in [0.5, 0.6) is 0 Å². The first kappa shape index (κ1) is 21.1. The monoisotopic (exact) mass is 420 g/mol. The predicted molar refractivity (Wildman–Crippen MR) is 120 cm³/mol. The summed E-state index contributed by atoms with van der Waals surface area (Å²) in [5, 5.41) is 9.18. The third kappa shape index (κ3) is 5.13. The predicted octanol–water partition coefficient (Wildman–Crippen LogP) is 3.56. The fourth-order valence-corrected chi connectivity index (χ4v) is 3.60. The molecule has 3 heterocycles. The number of nitrogens with zero attached hydrogens (tertiary/aromatic N) is 4. The molecule has 4 rings (SSSR count). The number of piperazine rings is 1. The van der Waals surface area contributed by atoms with Crippen molar-refractivity contribution >= 4 is 11.7 Å². The number of hydrogen-bond acceptors (Lipinski definition) is 7. The maximum Gasteiger partial charge on any atom is 0.225 e. The highest BCUT2D eigenvalue weighted by Crippen LogP contribution is 2.24. The molecule has 7 nitrogen and oxygen atoms in total. The molecule has 1 saturated heterocycles. The first-order valence-corrected chi connectivity index (χ1v) is 10.6. The highest BCUT2D eigenvalue weighted by atomic mass is 16.5. The quantitative estimate of drug-likeness (QED) is 0.559. The fourth-order valence-electron chi connectivity index (χ4n) is 3.60. The molecule has 0 atom stereocenters. The Balaban J connectivity index is 1.30. The Labute approximate surface area is 182 Å². The summed E-state index contributed by atoms with van der Waals surface area (Å²) in [6.07, 6.45) is 3.54. The van der Waals surface area contributed by atoms with Crippen molar-refractivity contribution in [1.82, 2.24) is 14.9 Å². The molecule has 0 unspecified atom stereocenters. The van der Waals surface area contributed by atoms with E-state index in [-0.39, 0.29) is 6.61 Å². The molecule has 0 spiro atoms. The van der Waals surface area contributed by atoms with Crippen molar-refractivity contribution < 1.29 is 14.3 Å². The average Bonchev–Trinajstić information content (AvgIpc) is 3.28. The van der Waals surface area contributed by atoms with Crippen LogP contribution in [0.1, 0.15) is 23.8 Å². The molecule has 2 aromatic heterocycles. The van der Waals surface area contributed by atoms with Gasteiger partial charge >= 0.3 is 0 Å². The molecule has 1 fully saturated rings. The number of ether oxygens (including phenoxy) is 1. The number of aromatic nitrogens is 2. The summed E-state index contributed by atoms with van der Waals surface area (Å²) < 4.78 is 11.5. The van der Waals surface area contributed by atoms with Crippen molar-refractivity contribution in [3.63, 3.8) is 0 Å². The Hall–Kier alpha value is -3.16. The zero-order chi connectivity index (χ0) is 21.6. The first-order valence-electron chi connectivity index (χ1n) is 10.6. The molecule has 0 bridgehead atoms. The summed E-state index contributed by atoms with van der Waals surface area (Å²) in [6, 6.07) is 11.8. The maximum absolute atomic E-state index is 9.18. The number of hydrogen-bond donors (Lipinski definition) is 1. The van der Waals surface area contributed by atoms with E-state index in [1.807, 2.05) is 43.3 Å². The lowest BCUT2D eigenvalue weighted by atomic mass is 10.1. The Bertz CT molecular complexity index is 990. The molecule has 1 aromatic carbocycles. The lowest BCUT2D eigenvalue weighted by molar-refractivity contribution is 0.230. The summed E-state index contributed by atoms with van der Waals surface area (Å²) in [5.41, 5.74) is 2.72. The highest BCUT2D eigenvalue weighted by molar-refractivity contribution is 5.58. The number of furan rings is 1. The summed E-state index contributed by atoms with van der Waals surface area (Å²) >= 11 is 0. The molecular weight excluding hydrogens is 392 g/mol. The van der Waals surface area contributed by atoms with E-state index in [2.05, 4.69) is 26.3 Å². The highest BCUT2D eigenvalue weighted by Gasteiger charge is 2.20. The molecule has 3 aromatic rings. The van der Waals surface area contributed by atoms with Gasteiger partial charge in [0.05, 0.1) is 25.3 Å². The van der Waals surface area contributed by atoms with E-state index in [1.165, 1.54) is 0 Å². The van der Waals surface area contributed by atoms with Crippen LogP contribution in [0.15, 0.2) is 59.8 Å². The second kappa shape index (κ2) is 9.76. The summed E-state index contributed by atoms with van der Waals surface area (Å²) in [7, 11) is 0. The van der Waals surface area contributed by atoms with Gasteiger partial charge < -0.3 is 19.2 Å². The molecule has 0 amide bonds. The van der Waals surface area contributed by atoms with E-state index in [0.29, 0.717) is 12.4 Å². The Kier molecular flexibility index (Phi) is 6.64. The van der Waals surface area contributed by atoms with Gasteiger partial charge in [0.2, 0.25) is 5.95 Å². The zero-order valence-electron chi connectivity index (χ0n) is 17.8. The third-order valence-electron chi connectivity index (χ3n) is 5.40. The second-order valence-corrected chi connectivity index (χ2v) is 7.51. The van der Waals surface area contributed by atoms with Gasteiger partial charge in [-0.25, -0.2) is 9.97 Å². The first-order chi connectivity index (χ1) is 15.2. The molecule has 31 heavy (non-hydrogen) atoms. The molecule has 0 saturated carbocycles. The van der Waals surface area contributed by atoms with E-state index in [1.54, 1.807) is 12.4 Å². The lowest BCUT2D eigenvalue weighted by Gasteiger charge is -2.34. The summed E-state index contributed by atoms with van der Waals surface area (Å²) in [4.78, 5) is 13.5. The van der Waals surface area contributed by atoms with Gasteiger partial charge in [-0.15, -0.1) is 0 Å². The molecule has 162 valence electrons. The van der Waals surface area contributed by atoms with Gasteiger partial charge in [0.25, 0.3) is 0 Å². The van der Waals surface area contributed by atoms with Crippen LogP contribution >= 0.6 is 0 Å². The van der Waals surface area contributed by atoms with Crippen LogP contribution in [0.25, 0.3) is 17.1 Å². The average molecular weight is 421 g/mol. The molecule has 1 aliphatic heterocycles. The SMILES string of the molecule is C=C(OCC)c1cnc(N2CCN(Cc3ccc(-c4ccc(CO)cc4)o3)CC2)nc1. The fraction of sp³-hybridized carbons (Fsp3) is 0.333. The summed E-state index contributed by atoms with van der Waals surface area (Å²) in [6.45, 7) is 10.8. The second-order valence-electron chi connectivity index (χ2n) is 7.51. The van der Waals surface area contributed by atoms with Gasteiger partial charge in [-0.1, -0.05) is 30.8 Å². The lowest BCUT2D eigenvalue weighted by Crippen LogP contribution is -2.46. The van der Waals surface area contributed by atoms with E-state index < -0.39 is 0 Å². The van der Waals surface area contributed by atoms with Crippen molar-refractivity contribution in [2.24, 2.45) is 0 Å². The van der Waals surface area contributed by atoms with E-state index in [0.717, 1.165) is 66.9 Å². The van der Waals surface area contributed by atoms with Crippen LogP contribution < -0.4 is 4.90 Å². The molecule has 0 radical (unpaired) electrons. The number of rotatable bonds is 8. The molecule has 1 aliphatic rings. The van der Waals surface area contributed by atoms with E-state index in [4.69, 9.17) is 9.15 Å². The van der Waals surface area contributed by atoms with Gasteiger partial charge in [0.1, 0.15) is 17.3 Å². The van der Waals surface area contributed by atoms with Crippen LogP contribution in [-0.4, -0.2) is 52.8 Å². The number of anilines is 1. The molecule has 0 aliphatic carbocycles. The van der Waals surface area contributed by atoms with Crippen molar-refractivity contribution in [2.45, 2.75) is 20.1 Å². The van der Waals surface area contributed by atoms with Crippen LogP contribution in [-0.2, 0) is 17.9 Å². The van der Waals surface area contributed by atoms with Crippen LogP contribution in [0.3, 0.4) is 0 Å². The van der Waals surface area contributed by atoms with Crippen molar-refractivity contribution in [3.05, 3.63) is 72.3 Å². The minimum atomic E-state index is 0.0490. The van der Waals surface area contributed by atoms with E-state index >= 15 is 0 Å². The topological polar surface area (TPSA) is 74.9 Å². The largest absolute Gasteiger partial charge is 0.494 e. The third-order valence-corrected chi connectivity index (χ3v) is 5.40. The van der Waals surface area contributed by atoms with E-state index in [9.17, 15) is 5.11 Å². The Morgan fingerprint density at radius 1 is 1.06 bits per heavy atom. The number of benzene rings is 1. The van der Waals surface area contributed by atoms with Crippen LogP contribution in [0.2, 0.25) is 0 Å². The van der Waals surface area contributed by atoms with Crippen molar-refractivity contribution in [1.29, 1.82) is 0 Å². The maximum atomic E-state index is 9.18. The minimum Gasteiger partial charge on any atom is -0.494 e. The molecule has 1 N–H and O–H groups in total. The Morgan fingerprint density at radius 2 is 1.77 bits per heavy atom. The van der Waals surface area contributed by atoms with Crippen LogP contribution in [0.4, 0.5) is 5.95 Å². The Morgan fingerprint density at radius 3 is 2.42 bits per heavy atom. The minimum absolute atomic E-state index is 0.0490. The van der Waals surface area contributed by atoms with Crippen molar-refractivity contribution in [3.8, 4) is 11.3 Å². The number of aliphatic hydroxyl groups excluding tert-OH is 1. The van der Waals surface area contributed by atoms with Crippen LogP contribution in [0, 0.1) is 0 Å². The van der Waals surface area contributed by atoms with Gasteiger partial charge in [-0.2, -0.15) is 0 Å². The standard InChI is InChI=1S/C24H28N4O3/c1-3-30-18(2)21-14-25-24(26-15-21)28-12-10-27(11-13-28)16-22-8-9-23(31-22)20-6-4-19(17-29)5-7-20/h4-9,14-15,29H,2-3,10-13,16-17H2,1H3. The normalized spacial score (nSPS) is 14.6. The van der Waals surface area contributed by atoms with Crippen molar-refractivity contribution in [2.75, 3.05) is 37.7 Å². The summed E-state index contributed by atoms with van der Waals surface area (Å²) in [5.74, 6) is 3.13. The number of aliphatic hydroxyl groups is 1.